The normalized spacial score (nSPS) is 27.2. The Morgan fingerprint density at radius 3 is 2.80 bits per heavy atom. The van der Waals surface area contributed by atoms with Crippen LogP contribution in [0.4, 0.5) is 0 Å². The minimum atomic E-state index is 0.0786. The minimum absolute atomic E-state index is 0.0786. The van der Waals surface area contributed by atoms with Gasteiger partial charge in [-0.2, -0.15) is 0 Å². The standard InChI is InChI=1S/C12H25NO2/c1-11(2)8-15-7-5-12(10-14)4-3-6-13-9-12/h11,13-14H,3-10H2,1-2H3. The Balaban J connectivity index is 2.20. The summed E-state index contributed by atoms with van der Waals surface area (Å²) in [6.07, 6.45) is 3.27. The molecule has 0 aromatic heterocycles. The summed E-state index contributed by atoms with van der Waals surface area (Å²) in [5.74, 6) is 0.597. The molecule has 0 bridgehead atoms. The van der Waals surface area contributed by atoms with Crippen molar-refractivity contribution in [2.24, 2.45) is 11.3 Å². The smallest absolute Gasteiger partial charge is 0.0500 e. The van der Waals surface area contributed by atoms with Crippen LogP contribution in [0.1, 0.15) is 33.1 Å². The molecule has 0 amide bonds. The Morgan fingerprint density at radius 1 is 1.47 bits per heavy atom. The average Bonchev–Trinajstić information content (AvgIpc) is 2.26. The number of hydrogen-bond acceptors (Lipinski definition) is 3. The van der Waals surface area contributed by atoms with Crippen LogP contribution in [0.25, 0.3) is 0 Å². The van der Waals surface area contributed by atoms with E-state index in [0.29, 0.717) is 5.92 Å². The zero-order valence-electron chi connectivity index (χ0n) is 10.1. The van der Waals surface area contributed by atoms with Crippen LogP contribution in [-0.2, 0) is 4.74 Å². The lowest BCUT2D eigenvalue weighted by Gasteiger charge is -2.36. The molecule has 3 heteroatoms. The van der Waals surface area contributed by atoms with Gasteiger partial charge in [-0.1, -0.05) is 13.8 Å². The molecule has 1 saturated heterocycles. The molecule has 0 aromatic rings. The number of aliphatic hydroxyl groups excluding tert-OH is 1. The average molecular weight is 215 g/mol. The third-order valence-corrected chi connectivity index (χ3v) is 3.12. The van der Waals surface area contributed by atoms with Gasteiger partial charge >= 0.3 is 0 Å². The molecular formula is C12H25NO2. The molecule has 1 heterocycles. The predicted molar refractivity (Wildman–Crippen MR) is 61.9 cm³/mol. The molecule has 1 fully saturated rings. The van der Waals surface area contributed by atoms with Gasteiger partial charge in [0.05, 0.1) is 0 Å². The van der Waals surface area contributed by atoms with E-state index in [1.165, 1.54) is 6.42 Å². The van der Waals surface area contributed by atoms with E-state index in [4.69, 9.17) is 4.74 Å². The lowest BCUT2D eigenvalue weighted by Crippen LogP contribution is -2.43. The summed E-state index contributed by atoms with van der Waals surface area (Å²) in [6, 6.07) is 0. The van der Waals surface area contributed by atoms with Crippen LogP contribution in [0.2, 0.25) is 0 Å². The monoisotopic (exact) mass is 215 g/mol. The topological polar surface area (TPSA) is 41.5 Å². The van der Waals surface area contributed by atoms with Crippen molar-refractivity contribution in [3.05, 3.63) is 0 Å². The highest BCUT2D eigenvalue weighted by Crippen LogP contribution is 2.29. The molecular weight excluding hydrogens is 190 g/mol. The molecule has 1 aliphatic rings. The highest BCUT2D eigenvalue weighted by atomic mass is 16.5. The molecule has 1 rings (SSSR count). The third-order valence-electron chi connectivity index (χ3n) is 3.12. The quantitative estimate of drug-likeness (QED) is 0.658. The predicted octanol–water partition coefficient (Wildman–Crippen LogP) is 1.41. The van der Waals surface area contributed by atoms with E-state index in [9.17, 15) is 5.11 Å². The molecule has 1 aliphatic heterocycles. The Labute approximate surface area is 93.2 Å². The second-order valence-corrected chi connectivity index (χ2v) is 5.16. The SMILES string of the molecule is CC(C)COCCC1(CO)CCCNC1. The van der Waals surface area contributed by atoms with Crippen LogP contribution in [0.15, 0.2) is 0 Å². The number of aliphatic hydroxyl groups is 1. The van der Waals surface area contributed by atoms with E-state index >= 15 is 0 Å². The maximum atomic E-state index is 9.45. The first kappa shape index (κ1) is 12.9. The lowest BCUT2D eigenvalue weighted by atomic mass is 9.79. The van der Waals surface area contributed by atoms with Gasteiger partial charge in [0.15, 0.2) is 0 Å². The summed E-state index contributed by atoms with van der Waals surface area (Å²) < 4.78 is 5.59. The first-order valence-corrected chi connectivity index (χ1v) is 6.08. The lowest BCUT2D eigenvalue weighted by molar-refractivity contribution is 0.0333. The molecule has 3 nitrogen and oxygen atoms in total. The van der Waals surface area contributed by atoms with E-state index in [-0.39, 0.29) is 12.0 Å². The molecule has 1 unspecified atom stereocenters. The van der Waals surface area contributed by atoms with Gasteiger partial charge in [-0.15, -0.1) is 0 Å². The van der Waals surface area contributed by atoms with Crippen molar-refractivity contribution in [2.45, 2.75) is 33.1 Å². The van der Waals surface area contributed by atoms with Crippen LogP contribution < -0.4 is 5.32 Å². The van der Waals surface area contributed by atoms with E-state index in [1.54, 1.807) is 0 Å². The van der Waals surface area contributed by atoms with E-state index in [0.717, 1.165) is 39.1 Å². The number of nitrogens with one attached hydrogen (secondary N) is 1. The van der Waals surface area contributed by atoms with Gasteiger partial charge in [-0.25, -0.2) is 0 Å². The number of rotatable bonds is 6. The molecule has 0 aromatic carbocycles. The van der Waals surface area contributed by atoms with E-state index < -0.39 is 0 Å². The fraction of sp³-hybridized carbons (Fsp3) is 1.00. The van der Waals surface area contributed by atoms with Crippen molar-refractivity contribution in [1.82, 2.24) is 5.32 Å². The second kappa shape index (κ2) is 6.46. The summed E-state index contributed by atoms with van der Waals surface area (Å²) in [6.45, 7) is 8.23. The van der Waals surface area contributed by atoms with Gasteiger partial charge in [-0.05, 0) is 31.7 Å². The van der Waals surface area contributed by atoms with Gasteiger partial charge < -0.3 is 15.2 Å². The largest absolute Gasteiger partial charge is 0.396 e. The first-order chi connectivity index (χ1) is 7.18. The molecule has 1 atom stereocenters. The Bertz CT molecular complexity index is 165. The third kappa shape index (κ3) is 4.49. The number of hydrogen-bond donors (Lipinski definition) is 2. The van der Waals surface area contributed by atoms with Gasteiger partial charge in [-0.3, -0.25) is 0 Å². The van der Waals surface area contributed by atoms with Crippen molar-refractivity contribution in [2.75, 3.05) is 32.9 Å². The van der Waals surface area contributed by atoms with Crippen LogP contribution in [0, 0.1) is 11.3 Å². The van der Waals surface area contributed by atoms with Gasteiger partial charge in [0.2, 0.25) is 0 Å². The Kier molecular flexibility index (Phi) is 5.58. The molecule has 15 heavy (non-hydrogen) atoms. The van der Waals surface area contributed by atoms with Crippen molar-refractivity contribution in [3.63, 3.8) is 0 Å². The van der Waals surface area contributed by atoms with Crippen LogP contribution in [0.3, 0.4) is 0 Å². The summed E-state index contributed by atoms with van der Waals surface area (Å²) in [5, 5.41) is 12.8. The first-order valence-electron chi connectivity index (χ1n) is 6.08. The molecule has 0 spiro atoms. The summed E-state index contributed by atoms with van der Waals surface area (Å²) >= 11 is 0. The molecule has 90 valence electrons. The van der Waals surface area contributed by atoms with Gasteiger partial charge in [0, 0.05) is 31.8 Å². The molecule has 0 aliphatic carbocycles. The minimum Gasteiger partial charge on any atom is -0.396 e. The Morgan fingerprint density at radius 2 is 2.27 bits per heavy atom. The highest BCUT2D eigenvalue weighted by molar-refractivity contribution is 4.84. The van der Waals surface area contributed by atoms with Crippen molar-refractivity contribution in [1.29, 1.82) is 0 Å². The zero-order valence-corrected chi connectivity index (χ0v) is 10.1. The fourth-order valence-electron chi connectivity index (χ4n) is 2.07. The Hall–Kier alpha value is -0.120. The van der Waals surface area contributed by atoms with Gasteiger partial charge in [0.25, 0.3) is 0 Å². The number of ether oxygens (including phenoxy) is 1. The van der Waals surface area contributed by atoms with E-state index in [1.807, 2.05) is 0 Å². The molecule has 2 N–H and O–H groups in total. The maximum absolute atomic E-state index is 9.45. The van der Waals surface area contributed by atoms with Crippen LogP contribution in [-0.4, -0.2) is 38.0 Å². The van der Waals surface area contributed by atoms with Crippen molar-refractivity contribution in [3.8, 4) is 0 Å². The van der Waals surface area contributed by atoms with Crippen LogP contribution >= 0.6 is 0 Å². The maximum Gasteiger partial charge on any atom is 0.0500 e. The van der Waals surface area contributed by atoms with E-state index in [2.05, 4.69) is 19.2 Å². The van der Waals surface area contributed by atoms with Crippen molar-refractivity contribution >= 4 is 0 Å². The summed E-state index contributed by atoms with van der Waals surface area (Å²) in [5.41, 5.74) is 0.0786. The second-order valence-electron chi connectivity index (χ2n) is 5.16. The molecule has 0 saturated carbocycles. The zero-order chi connectivity index (χ0) is 11.1. The summed E-state index contributed by atoms with van der Waals surface area (Å²) in [4.78, 5) is 0. The van der Waals surface area contributed by atoms with Crippen molar-refractivity contribution < 1.29 is 9.84 Å². The highest BCUT2D eigenvalue weighted by Gasteiger charge is 2.30. The van der Waals surface area contributed by atoms with Crippen LogP contribution in [0.5, 0.6) is 0 Å². The number of piperidine rings is 1. The summed E-state index contributed by atoms with van der Waals surface area (Å²) in [7, 11) is 0. The fourth-order valence-corrected chi connectivity index (χ4v) is 2.07. The van der Waals surface area contributed by atoms with Gasteiger partial charge in [0.1, 0.15) is 0 Å². The molecule has 0 radical (unpaired) electrons.